The Morgan fingerprint density at radius 1 is 1.08 bits per heavy atom. The molecule has 5 heteroatoms. The van der Waals surface area contributed by atoms with E-state index in [9.17, 15) is 0 Å². The van der Waals surface area contributed by atoms with Crippen LogP contribution in [0.5, 0.6) is 0 Å². The van der Waals surface area contributed by atoms with E-state index in [-0.39, 0.29) is 0 Å². The fourth-order valence-corrected chi connectivity index (χ4v) is 0.450. The summed E-state index contributed by atoms with van der Waals surface area (Å²) in [7, 11) is 0. The topological polar surface area (TPSA) is 73.5 Å². The molecule has 0 spiro atoms. The summed E-state index contributed by atoms with van der Waals surface area (Å²) >= 11 is -1.27. The predicted octanol–water partition coefficient (Wildman–Crippen LogP) is 0.931. The maximum Gasteiger partial charge on any atom is -0.172 e. The van der Waals surface area contributed by atoms with Crippen molar-refractivity contribution in [2.45, 2.75) is 0 Å². The van der Waals surface area contributed by atoms with Crippen molar-refractivity contribution in [3.8, 4) is 0 Å². The summed E-state index contributed by atoms with van der Waals surface area (Å²) in [6.45, 7) is 0. The Hall–Kier alpha value is -1.23. The largest absolute Gasteiger partial charge is 0.577 e. The van der Waals surface area contributed by atoms with Gasteiger partial charge in [0, 0.05) is 0 Å². The average molecular weight is 337 g/mol. The fourth-order valence-electron chi connectivity index (χ4n) is 0.336. The van der Waals surface area contributed by atoms with Crippen molar-refractivity contribution in [3.63, 3.8) is 0 Å². The molecule has 4 nitrogen and oxygen atoms in total. The van der Waals surface area contributed by atoms with Gasteiger partial charge in [0.15, 0.2) is 0 Å². The molecule has 0 radical (unpaired) electrons. The molecule has 0 aliphatic heterocycles. The first-order valence-electron chi connectivity index (χ1n) is 2.64. The molecule has 12 heavy (non-hydrogen) atoms. The van der Waals surface area contributed by atoms with E-state index < -0.39 is 17.1 Å². The summed E-state index contributed by atoms with van der Waals surface area (Å²) in [6.07, 6.45) is 0. The van der Waals surface area contributed by atoms with Crippen LogP contribution in [0, 0.1) is 4.91 Å². The summed E-state index contributed by atoms with van der Waals surface area (Å²) in [6, 6.07) is 10.0. The van der Waals surface area contributed by atoms with Gasteiger partial charge in [-0.05, 0) is 0 Å². The molecule has 0 bridgehead atoms. The zero-order chi connectivity index (χ0) is 9.66. The van der Waals surface area contributed by atoms with E-state index in [1.165, 1.54) is 8.70 Å². The van der Waals surface area contributed by atoms with Crippen LogP contribution in [0.2, 0.25) is 0 Å². The molecular weight excluding hydrogens is 332 g/mol. The van der Waals surface area contributed by atoms with Crippen LogP contribution in [-0.2, 0) is 26.7 Å². The number of carbonyl (C=O) groups excluding carboxylic acids is 2. The van der Waals surface area contributed by atoms with E-state index in [1.807, 2.05) is 30.3 Å². The molecule has 0 N–H and O–H groups in total. The van der Waals surface area contributed by atoms with Crippen LogP contribution >= 0.6 is 0 Å². The molecule has 1 aromatic carbocycles. The Balaban J connectivity index is 0. The summed E-state index contributed by atoms with van der Waals surface area (Å²) in [4.78, 5) is 25.4. The van der Waals surface area contributed by atoms with Crippen molar-refractivity contribution < 1.29 is 26.7 Å². The monoisotopic (exact) mass is 338 g/mol. The molecule has 0 fully saturated rings. The summed E-state index contributed by atoms with van der Waals surface area (Å²) in [5.74, 6) is 0. The van der Waals surface area contributed by atoms with Crippen LogP contribution in [0.4, 0.5) is 0 Å². The second-order valence-electron chi connectivity index (χ2n) is 1.21. The van der Waals surface area contributed by atoms with Crippen LogP contribution in [0.1, 0.15) is 0 Å². The van der Waals surface area contributed by atoms with E-state index >= 15 is 0 Å². The Labute approximate surface area is 76.5 Å². The van der Waals surface area contributed by atoms with E-state index in [4.69, 9.17) is 20.1 Å². The SMILES string of the molecule is O=[C]=[Re]=[C]=O.[N-]=O.c1cc[cH-]c1. The molecule has 1 aromatic rings. The molecular formula is C7H5NO3Re-2. The van der Waals surface area contributed by atoms with Crippen LogP contribution in [-0.4, -0.2) is 8.70 Å². The van der Waals surface area contributed by atoms with Gasteiger partial charge < -0.3 is 10.5 Å². The van der Waals surface area contributed by atoms with Gasteiger partial charge in [-0.15, -0.1) is 0 Å². The third kappa shape index (κ3) is 15.9. The van der Waals surface area contributed by atoms with Gasteiger partial charge in [-0.25, -0.2) is 12.1 Å². The third-order valence-electron chi connectivity index (χ3n) is 0.633. The second-order valence-corrected chi connectivity index (χ2v) is 3.00. The third-order valence-corrected chi connectivity index (χ3v) is 1.19. The summed E-state index contributed by atoms with van der Waals surface area (Å²) < 4.78 is 2.99. The van der Waals surface area contributed by atoms with E-state index in [1.54, 1.807) is 0 Å². The van der Waals surface area contributed by atoms with E-state index in [0.29, 0.717) is 0 Å². The van der Waals surface area contributed by atoms with Gasteiger partial charge in [0.1, 0.15) is 0 Å². The van der Waals surface area contributed by atoms with Crippen molar-refractivity contribution >= 4 is 8.70 Å². The second kappa shape index (κ2) is 16.4. The van der Waals surface area contributed by atoms with Crippen LogP contribution in [0.25, 0.3) is 5.59 Å². The molecule has 0 saturated carbocycles. The van der Waals surface area contributed by atoms with Gasteiger partial charge >= 0.3 is 35.4 Å². The molecule has 0 heterocycles. The first-order chi connectivity index (χ1) is 5.91. The van der Waals surface area contributed by atoms with Crippen molar-refractivity contribution in [3.05, 3.63) is 40.8 Å². The summed E-state index contributed by atoms with van der Waals surface area (Å²) in [5, 5.41) is 0. The molecule has 0 amide bonds. The molecule has 0 aliphatic rings. The Morgan fingerprint density at radius 3 is 1.58 bits per heavy atom. The minimum Gasteiger partial charge on any atom is -0.577 e. The molecule has 0 aliphatic carbocycles. The number of nitrogens with zero attached hydrogens (tertiary/aromatic N) is 1. The van der Waals surface area contributed by atoms with Gasteiger partial charge in [-0.1, -0.05) is 0 Å². The number of hydrogen-bond acceptors (Lipinski definition) is 3. The Morgan fingerprint density at radius 2 is 1.50 bits per heavy atom. The molecule has 0 saturated heterocycles. The fraction of sp³-hybridized carbons (Fsp3) is 0. The Bertz CT molecular complexity index is 238. The van der Waals surface area contributed by atoms with Gasteiger partial charge in [-0.3, -0.25) is 0 Å². The number of hydrogen-bond donors (Lipinski definition) is 0. The maximum absolute atomic E-state index is 9.09. The minimum absolute atomic E-state index is 1.27. The number of nitroso groups, excluding NO2 is 1. The number of rotatable bonds is 0. The van der Waals surface area contributed by atoms with E-state index in [0.717, 1.165) is 0 Å². The first kappa shape index (κ1) is 13.4. The average Bonchev–Trinajstić information content (AvgIpc) is 2.67. The summed E-state index contributed by atoms with van der Waals surface area (Å²) in [5.41, 5.74) is 5.75. The minimum atomic E-state index is -1.27. The zero-order valence-electron chi connectivity index (χ0n) is 5.94. The van der Waals surface area contributed by atoms with E-state index in [2.05, 4.69) is 0 Å². The van der Waals surface area contributed by atoms with Gasteiger partial charge in [0.05, 0.1) is 0 Å². The van der Waals surface area contributed by atoms with Crippen molar-refractivity contribution in [2.75, 3.05) is 0 Å². The molecule has 1 rings (SSSR count). The molecule has 0 atom stereocenters. The quantitative estimate of drug-likeness (QED) is 0.661. The van der Waals surface area contributed by atoms with Gasteiger partial charge in [0.2, 0.25) is 0 Å². The maximum atomic E-state index is 9.09. The predicted molar refractivity (Wildman–Crippen MR) is 40.1 cm³/mol. The smallest absolute Gasteiger partial charge is 0.172 e. The molecule has 0 unspecified atom stereocenters. The molecule has 65 valence electrons. The van der Waals surface area contributed by atoms with Crippen LogP contribution < -0.4 is 0 Å². The van der Waals surface area contributed by atoms with Gasteiger partial charge in [-0.2, -0.15) is 18.2 Å². The van der Waals surface area contributed by atoms with Crippen molar-refractivity contribution in [1.82, 2.24) is 0 Å². The first-order valence-corrected chi connectivity index (χ1v) is 5.35. The normalized spacial score (nSPS) is 5.33. The Kier molecular flexibility index (Phi) is 18.3. The van der Waals surface area contributed by atoms with Crippen molar-refractivity contribution in [1.29, 1.82) is 0 Å². The van der Waals surface area contributed by atoms with Crippen LogP contribution in [0.3, 0.4) is 0 Å². The van der Waals surface area contributed by atoms with Gasteiger partial charge in [0.25, 0.3) is 0 Å². The van der Waals surface area contributed by atoms with Crippen LogP contribution in [0.15, 0.2) is 30.3 Å². The molecule has 0 aromatic heterocycles. The standard InChI is InChI=1S/C5H5.2CO.NO.Re/c1-2-4-5-3-1;3*1-2;/h1-5H;;;;/q-1;;;-1;. The zero-order valence-corrected chi connectivity index (χ0v) is 8.65. The van der Waals surface area contributed by atoms with Crippen molar-refractivity contribution in [2.24, 2.45) is 0 Å².